The van der Waals surface area contributed by atoms with E-state index in [0.29, 0.717) is 13.0 Å². The molecule has 0 fully saturated rings. The lowest BCUT2D eigenvalue weighted by Gasteiger charge is -2.28. The van der Waals surface area contributed by atoms with Gasteiger partial charge in [-0.3, -0.25) is 4.79 Å². The Morgan fingerprint density at radius 2 is 1.94 bits per heavy atom. The minimum Gasteiger partial charge on any atom is -0.396 e. The number of aliphatic hydroxyl groups excluding tert-OH is 1. The molecule has 96 valence electrons. The SMILES string of the molecule is CCC(C)(N)C(=O)NCC(C)(C)CCCO. The van der Waals surface area contributed by atoms with Crippen LogP contribution in [-0.4, -0.2) is 29.7 Å². The van der Waals surface area contributed by atoms with Crippen molar-refractivity contribution in [3.05, 3.63) is 0 Å². The first-order valence-electron chi connectivity index (χ1n) is 5.93. The van der Waals surface area contributed by atoms with Crippen molar-refractivity contribution in [1.29, 1.82) is 0 Å². The van der Waals surface area contributed by atoms with Gasteiger partial charge in [0.2, 0.25) is 5.91 Å². The second-order valence-corrected chi connectivity index (χ2v) is 5.45. The Labute approximate surface area is 98.6 Å². The standard InChI is InChI=1S/C12H26N2O2/c1-5-12(4,13)10(16)14-9-11(2,3)7-6-8-15/h15H,5-9,13H2,1-4H3,(H,14,16). The summed E-state index contributed by atoms with van der Waals surface area (Å²) in [7, 11) is 0. The van der Waals surface area contributed by atoms with Gasteiger partial charge >= 0.3 is 0 Å². The molecule has 1 unspecified atom stereocenters. The lowest BCUT2D eigenvalue weighted by atomic mass is 9.87. The van der Waals surface area contributed by atoms with Crippen LogP contribution in [0.3, 0.4) is 0 Å². The molecule has 0 bridgehead atoms. The van der Waals surface area contributed by atoms with Crippen LogP contribution in [0.1, 0.15) is 47.0 Å². The molecule has 4 heteroatoms. The molecule has 0 aromatic carbocycles. The molecule has 4 nitrogen and oxygen atoms in total. The van der Waals surface area contributed by atoms with Gasteiger partial charge in [-0.1, -0.05) is 20.8 Å². The van der Waals surface area contributed by atoms with Crippen LogP contribution in [0.2, 0.25) is 0 Å². The van der Waals surface area contributed by atoms with Gasteiger partial charge in [-0.25, -0.2) is 0 Å². The predicted octanol–water partition coefficient (Wildman–Crippen LogP) is 1.03. The molecule has 0 saturated carbocycles. The van der Waals surface area contributed by atoms with E-state index in [9.17, 15) is 4.79 Å². The molecule has 0 radical (unpaired) electrons. The zero-order valence-corrected chi connectivity index (χ0v) is 11.0. The number of hydrogen-bond acceptors (Lipinski definition) is 3. The molecule has 0 aliphatic carbocycles. The summed E-state index contributed by atoms with van der Waals surface area (Å²) < 4.78 is 0. The van der Waals surface area contributed by atoms with E-state index >= 15 is 0 Å². The fourth-order valence-corrected chi connectivity index (χ4v) is 1.33. The molecule has 16 heavy (non-hydrogen) atoms. The van der Waals surface area contributed by atoms with E-state index in [-0.39, 0.29) is 17.9 Å². The Morgan fingerprint density at radius 3 is 2.38 bits per heavy atom. The third-order valence-corrected chi connectivity index (χ3v) is 2.99. The molecule has 1 amide bonds. The lowest BCUT2D eigenvalue weighted by Crippen LogP contribution is -2.52. The molecule has 0 aromatic heterocycles. The second-order valence-electron chi connectivity index (χ2n) is 5.45. The number of aliphatic hydroxyl groups is 1. The average Bonchev–Trinajstić information content (AvgIpc) is 2.23. The van der Waals surface area contributed by atoms with Gasteiger partial charge < -0.3 is 16.2 Å². The molecule has 1 atom stereocenters. The fraction of sp³-hybridized carbons (Fsp3) is 0.917. The molecule has 0 heterocycles. The van der Waals surface area contributed by atoms with Crippen LogP contribution < -0.4 is 11.1 Å². The highest BCUT2D eigenvalue weighted by molar-refractivity contribution is 5.85. The molecule has 0 saturated heterocycles. The third-order valence-electron chi connectivity index (χ3n) is 2.99. The summed E-state index contributed by atoms with van der Waals surface area (Å²) in [5.74, 6) is -0.105. The molecule has 0 aliphatic rings. The molecule has 0 rings (SSSR count). The highest BCUT2D eigenvalue weighted by Crippen LogP contribution is 2.21. The van der Waals surface area contributed by atoms with Gasteiger partial charge in [0.1, 0.15) is 0 Å². The molecular weight excluding hydrogens is 204 g/mol. The molecule has 0 aliphatic heterocycles. The number of rotatable bonds is 7. The maximum absolute atomic E-state index is 11.7. The van der Waals surface area contributed by atoms with E-state index in [1.54, 1.807) is 6.92 Å². The van der Waals surface area contributed by atoms with Gasteiger partial charge in [-0.05, 0) is 31.6 Å². The van der Waals surface area contributed by atoms with E-state index in [0.717, 1.165) is 12.8 Å². The topological polar surface area (TPSA) is 75.4 Å². The third kappa shape index (κ3) is 5.47. The first-order chi connectivity index (χ1) is 7.25. The number of carbonyl (C=O) groups is 1. The van der Waals surface area contributed by atoms with Crippen molar-refractivity contribution >= 4 is 5.91 Å². The van der Waals surface area contributed by atoms with E-state index < -0.39 is 5.54 Å². The maximum Gasteiger partial charge on any atom is 0.239 e. The van der Waals surface area contributed by atoms with Crippen LogP contribution in [0.5, 0.6) is 0 Å². The number of nitrogens with two attached hydrogens (primary N) is 1. The monoisotopic (exact) mass is 230 g/mol. The fourth-order valence-electron chi connectivity index (χ4n) is 1.33. The van der Waals surface area contributed by atoms with Gasteiger partial charge in [0.15, 0.2) is 0 Å². The Hall–Kier alpha value is -0.610. The average molecular weight is 230 g/mol. The van der Waals surface area contributed by atoms with Crippen LogP contribution >= 0.6 is 0 Å². The summed E-state index contributed by atoms with van der Waals surface area (Å²) in [6.07, 6.45) is 2.27. The first-order valence-corrected chi connectivity index (χ1v) is 5.93. The molecule has 0 aromatic rings. The van der Waals surface area contributed by atoms with Crippen molar-refractivity contribution in [3.8, 4) is 0 Å². The highest BCUT2D eigenvalue weighted by atomic mass is 16.2. The van der Waals surface area contributed by atoms with Crippen molar-refractivity contribution in [2.24, 2.45) is 11.1 Å². The predicted molar refractivity (Wildman–Crippen MR) is 66.0 cm³/mol. The molecule has 4 N–H and O–H groups in total. The Morgan fingerprint density at radius 1 is 1.38 bits per heavy atom. The maximum atomic E-state index is 11.7. The van der Waals surface area contributed by atoms with E-state index in [2.05, 4.69) is 19.2 Å². The van der Waals surface area contributed by atoms with Gasteiger partial charge in [0.05, 0.1) is 5.54 Å². The van der Waals surface area contributed by atoms with Crippen molar-refractivity contribution in [2.75, 3.05) is 13.2 Å². The Kier molecular flexibility index (Phi) is 5.97. The second kappa shape index (κ2) is 6.21. The zero-order chi connectivity index (χ0) is 12.8. The zero-order valence-electron chi connectivity index (χ0n) is 11.0. The van der Waals surface area contributed by atoms with Crippen LogP contribution in [0.15, 0.2) is 0 Å². The highest BCUT2D eigenvalue weighted by Gasteiger charge is 2.27. The lowest BCUT2D eigenvalue weighted by molar-refractivity contribution is -0.126. The van der Waals surface area contributed by atoms with E-state index in [4.69, 9.17) is 10.8 Å². The normalized spacial score (nSPS) is 15.6. The molecule has 0 spiro atoms. The summed E-state index contributed by atoms with van der Waals surface area (Å²) in [5.41, 5.74) is 5.05. The van der Waals surface area contributed by atoms with Gasteiger partial charge in [-0.15, -0.1) is 0 Å². The number of nitrogens with one attached hydrogen (secondary N) is 1. The van der Waals surface area contributed by atoms with Crippen molar-refractivity contribution in [1.82, 2.24) is 5.32 Å². The van der Waals surface area contributed by atoms with Gasteiger partial charge in [0, 0.05) is 13.2 Å². The summed E-state index contributed by atoms with van der Waals surface area (Å²) in [4.78, 5) is 11.7. The number of carbonyl (C=O) groups excluding carboxylic acids is 1. The Balaban J connectivity index is 4.09. The van der Waals surface area contributed by atoms with Crippen LogP contribution in [0, 0.1) is 5.41 Å². The van der Waals surface area contributed by atoms with E-state index in [1.807, 2.05) is 6.92 Å². The largest absolute Gasteiger partial charge is 0.396 e. The summed E-state index contributed by atoms with van der Waals surface area (Å²) in [6, 6.07) is 0. The first kappa shape index (κ1) is 15.4. The molecular formula is C12H26N2O2. The minimum atomic E-state index is -0.785. The van der Waals surface area contributed by atoms with Crippen LogP contribution in [0.4, 0.5) is 0 Å². The quantitative estimate of drug-likeness (QED) is 0.611. The van der Waals surface area contributed by atoms with Gasteiger partial charge in [-0.2, -0.15) is 0 Å². The minimum absolute atomic E-state index is 0.00219. The van der Waals surface area contributed by atoms with Gasteiger partial charge in [0.25, 0.3) is 0 Å². The number of amides is 1. The summed E-state index contributed by atoms with van der Waals surface area (Å²) >= 11 is 0. The van der Waals surface area contributed by atoms with Crippen LogP contribution in [-0.2, 0) is 4.79 Å². The summed E-state index contributed by atoms with van der Waals surface area (Å²) in [5, 5.41) is 11.6. The smallest absolute Gasteiger partial charge is 0.239 e. The van der Waals surface area contributed by atoms with Crippen LogP contribution in [0.25, 0.3) is 0 Å². The van der Waals surface area contributed by atoms with E-state index in [1.165, 1.54) is 0 Å². The van der Waals surface area contributed by atoms with Crippen molar-refractivity contribution in [2.45, 2.75) is 52.5 Å². The van der Waals surface area contributed by atoms with Crippen molar-refractivity contribution in [3.63, 3.8) is 0 Å². The van der Waals surface area contributed by atoms with Crippen molar-refractivity contribution < 1.29 is 9.90 Å². The Bertz CT molecular complexity index is 225. The number of hydrogen-bond donors (Lipinski definition) is 3. The summed E-state index contributed by atoms with van der Waals surface area (Å²) in [6.45, 7) is 8.57.